The van der Waals surface area contributed by atoms with Gasteiger partial charge in [0.15, 0.2) is 0 Å². The Morgan fingerprint density at radius 2 is 1.97 bits per heavy atom. The number of carbonyl (C=O) groups is 1. The van der Waals surface area contributed by atoms with Gasteiger partial charge in [-0.2, -0.15) is 0 Å². The number of benzene rings is 1. The highest BCUT2D eigenvalue weighted by atomic mass is 19.3. The van der Waals surface area contributed by atoms with E-state index < -0.39 is 22.8 Å². The fourth-order valence-corrected chi connectivity index (χ4v) is 3.76. The summed E-state index contributed by atoms with van der Waals surface area (Å²) in [7, 11) is 0. The van der Waals surface area contributed by atoms with Crippen molar-refractivity contribution in [3.05, 3.63) is 29.3 Å². The smallest absolute Gasteiger partial charge is 0.259 e. The van der Waals surface area contributed by atoms with Crippen molar-refractivity contribution in [2.45, 2.75) is 71.6 Å². The number of alkyl halides is 2. The molecule has 1 aliphatic carbocycles. The molecule has 1 aromatic rings. The largest absolute Gasteiger partial charge is 0.375 e. The molecule has 3 rings (SSSR count). The van der Waals surface area contributed by atoms with Crippen molar-refractivity contribution in [3.8, 4) is 11.8 Å². The third-order valence-corrected chi connectivity index (χ3v) is 5.77. The molecule has 1 amide bonds. The lowest BCUT2D eigenvalue weighted by molar-refractivity contribution is -0.142. The molecule has 1 fully saturated rings. The third-order valence-electron chi connectivity index (χ3n) is 5.77. The first-order valence-electron chi connectivity index (χ1n) is 10.2. The van der Waals surface area contributed by atoms with Crippen LogP contribution in [-0.4, -0.2) is 36.6 Å². The number of rotatable bonds is 4. The SMILES string of the molecule is CC(C)N1CCOCc2c(C#CC(C)(C)NC(=O)C3(C(C)(F)F)CC3)cccc21. The van der Waals surface area contributed by atoms with Gasteiger partial charge >= 0.3 is 0 Å². The van der Waals surface area contributed by atoms with Crippen LogP contribution in [0.15, 0.2) is 18.2 Å². The molecule has 0 unspecified atom stereocenters. The number of amides is 1. The van der Waals surface area contributed by atoms with Gasteiger partial charge in [-0.15, -0.1) is 0 Å². The van der Waals surface area contributed by atoms with Crippen LogP contribution in [-0.2, 0) is 16.1 Å². The van der Waals surface area contributed by atoms with Gasteiger partial charge in [-0.05, 0) is 52.7 Å². The molecule has 4 nitrogen and oxygen atoms in total. The van der Waals surface area contributed by atoms with Crippen LogP contribution in [0, 0.1) is 17.3 Å². The standard InChI is InChI=1S/C23H30F2N2O2/c1-16(2)27-13-14-29-15-18-17(7-6-8-19(18)27)9-10-21(3,4)26-20(28)23(11-12-23)22(5,24)25/h6-8,16H,11-15H2,1-5H3,(H,26,28). The van der Waals surface area contributed by atoms with Gasteiger partial charge in [-0.1, -0.05) is 17.9 Å². The van der Waals surface area contributed by atoms with E-state index in [-0.39, 0.29) is 12.8 Å². The Hall–Kier alpha value is -2.13. The van der Waals surface area contributed by atoms with Crippen LogP contribution < -0.4 is 10.2 Å². The van der Waals surface area contributed by atoms with Gasteiger partial charge in [-0.3, -0.25) is 4.79 Å². The number of carbonyl (C=O) groups excluding carboxylic acids is 1. The number of fused-ring (bicyclic) bond motifs is 1. The molecule has 0 aromatic heterocycles. The van der Waals surface area contributed by atoms with E-state index in [1.165, 1.54) is 0 Å². The Labute approximate surface area is 172 Å². The Morgan fingerprint density at radius 1 is 1.28 bits per heavy atom. The number of nitrogens with zero attached hydrogens (tertiary/aromatic N) is 1. The monoisotopic (exact) mass is 404 g/mol. The zero-order valence-corrected chi connectivity index (χ0v) is 17.9. The number of hydrogen-bond donors (Lipinski definition) is 1. The first-order valence-corrected chi connectivity index (χ1v) is 10.2. The third kappa shape index (κ3) is 4.40. The molecule has 1 heterocycles. The predicted molar refractivity (Wildman–Crippen MR) is 110 cm³/mol. The molecule has 0 spiro atoms. The van der Waals surface area contributed by atoms with Crippen molar-refractivity contribution >= 4 is 11.6 Å². The normalized spacial score (nSPS) is 18.4. The molecular formula is C23H30F2N2O2. The quantitative estimate of drug-likeness (QED) is 0.768. The van der Waals surface area contributed by atoms with Crippen LogP contribution in [0.3, 0.4) is 0 Å². The minimum Gasteiger partial charge on any atom is -0.375 e. The van der Waals surface area contributed by atoms with Gasteiger partial charge in [-0.25, -0.2) is 8.78 Å². The fourth-order valence-electron chi connectivity index (χ4n) is 3.76. The number of hydrogen-bond acceptors (Lipinski definition) is 3. The van der Waals surface area contributed by atoms with E-state index in [2.05, 4.69) is 42.0 Å². The first-order chi connectivity index (χ1) is 13.5. The van der Waals surface area contributed by atoms with Crippen LogP contribution in [0.25, 0.3) is 0 Å². The molecule has 1 saturated carbocycles. The molecule has 0 radical (unpaired) electrons. The summed E-state index contributed by atoms with van der Waals surface area (Å²) in [5.41, 5.74) is 0.450. The van der Waals surface area contributed by atoms with E-state index >= 15 is 0 Å². The van der Waals surface area contributed by atoms with Gasteiger partial charge in [0.2, 0.25) is 5.91 Å². The van der Waals surface area contributed by atoms with Crippen LogP contribution in [0.2, 0.25) is 0 Å². The zero-order chi connectivity index (χ0) is 21.4. The van der Waals surface area contributed by atoms with Gasteiger partial charge in [0.25, 0.3) is 5.92 Å². The van der Waals surface area contributed by atoms with E-state index in [1.807, 2.05) is 12.1 Å². The number of anilines is 1. The number of nitrogens with one attached hydrogen (secondary N) is 1. The summed E-state index contributed by atoms with van der Waals surface area (Å²) in [6, 6.07) is 6.30. The Morgan fingerprint density at radius 3 is 2.55 bits per heavy atom. The second kappa shape index (κ2) is 7.60. The Bertz CT molecular complexity index is 843. The summed E-state index contributed by atoms with van der Waals surface area (Å²) >= 11 is 0. The zero-order valence-electron chi connectivity index (χ0n) is 17.9. The van der Waals surface area contributed by atoms with Gasteiger partial charge < -0.3 is 15.0 Å². The average Bonchev–Trinajstić information content (AvgIpc) is 3.43. The van der Waals surface area contributed by atoms with Gasteiger partial charge in [0.05, 0.1) is 18.8 Å². The summed E-state index contributed by atoms with van der Waals surface area (Å²) in [5, 5.41) is 2.72. The van der Waals surface area contributed by atoms with Crippen molar-refractivity contribution in [2.75, 3.05) is 18.1 Å². The highest BCUT2D eigenvalue weighted by Crippen LogP contribution is 2.57. The van der Waals surface area contributed by atoms with Crippen molar-refractivity contribution in [1.82, 2.24) is 5.32 Å². The lowest BCUT2D eigenvalue weighted by atomic mass is 9.95. The molecule has 0 atom stereocenters. The molecule has 2 aliphatic rings. The molecule has 29 heavy (non-hydrogen) atoms. The molecule has 0 bridgehead atoms. The fraction of sp³-hybridized carbons (Fsp3) is 0.609. The summed E-state index contributed by atoms with van der Waals surface area (Å²) in [6.07, 6.45) is 0.417. The van der Waals surface area contributed by atoms with Crippen molar-refractivity contribution in [3.63, 3.8) is 0 Å². The van der Waals surface area contributed by atoms with Gasteiger partial charge in [0, 0.05) is 36.3 Å². The summed E-state index contributed by atoms with van der Waals surface area (Å²) in [4.78, 5) is 14.8. The van der Waals surface area contributed by atoms with Gasteiger partial charge in [0.1, 0.15) is 5.41 Å². The van der Waals surface area contributed by atoms with E-state index in [1.54, 1.807) is 13.8 Å². The predicted octanol–water partition coefficient (Wildman–Crippen LogP) is 4.11. The highest BCUT2D eigenvalue weighted by Gasteiger charge is 2.64. The number of ether oxygens (including phenoxy) is 1. The molecule has 158 valence electrons. The topological polar surface area (TPSA) is 41.6 Å². The molecule has 1 aliphatic heterocycles. The Balaban J connectivity index is 1.84. The first kappa shape index (κ1) is 21.6. The lowest BCUT2D eigenvalue weighted by Crippen LogP contribution is -2.50. The molecular weight excluding hydrogens is 374 g/mol. The maximum absolute atomic E-state index is 13.9. The molecule has 0 saturated heterocycles. The van der Waals surface area contributed by atoms with Crippen molar-refractivity contribution in [1.29, 1.82) is 0 Å². The average molecular weight is 405 g/mol. The van der Waals surface area contributed by atoms with E-state index in [9.17, 15) is 13.6 Å². The highest BCUT2D eigenvalue weighted by molar-refractivity contribution is 5.87. The van der Waals surface area contributed by atoms with Crippen LogP contribution in [0.5, 0.6) is 0 Å². The van der Waals surface area contributed by atoms with Crippen molar-refractivity contribution in [2.24, 2.45) is 5.41 Å². The van der Waals surface area contributed by atoms with E-state index in [0.717, 1.165) is 30.3 Å². The van der Waals surface area contributed by atoms with Crippen LogP contribution >= 0.6 is 0 Å². The van der Waals surface area contributed by atoms with Crippen LogP contribution in [0.4, 0.5) is 14.5 Å². The summed E-state index contributed by atoms with van der Waals surface area (Å²) in [6.45, 7) is 10.5. The van der Waals surface area contributed by atoms with Crippen LogP contribution in [0.1, 0.15) is 58.6 Å². The molecule has 6 heteroatoms. The van der Waals surface area contributed by atoms with E-state index in [0.29, 0.717) is 19.3 Å². The maximum atomic E-state index is 13.9. The van der Waals surface area contributed by atoms with Crippen molar-refractivity contribution < 1.29 is 18.3 Å². The summed E-state index contributed by atoms with van der Waals surface area (Å²) < 4.78 is 33.5. The maximum Gasteiger partial charge on any atom is 0.259 e. The Kier molecular flexibility index (Phi) is 5.66. The molecule has 1 aromatic carbocycles. The lowest BCUT2D eigenvalue weighted by Gasteiger charge is -2.29. The summed E-state index contributed by atoms with van der Waals surface area (Å²) in [5.74, 6) is 2.58. The molecule has 1 N–H and O–H groups in total. The second-order valence-electron chi connectivity index (χ2n) is 8.94. The van der Waals surface area contributed by atoms with E-state index in [4.69, 9.17) is 4.74 Å². The minimum atomic E-state index is -3.03. The second-order valence-corrected chi connectivity index (χ2v) is 8.94. The minimum absolute atomic E-state index is 0.209. The number of halogens is 2.